The van der Waals surface area contributed by atoms with E-state index in [9.17, 15) is 9.59 Å². The number of piperazine rings is 1. The van der Waals surface area contributed by atoms with Gasteiger partial charge in [-0.1, -0.05) is 11.3 Å². The Morgan fingerprint density at radius 2 is 2.21 bits per heavy atom. The van der Waals surface area contributed by atoms with E-state index >= 15 is 0 Å². The van der Waals surface area contributed by atoms with E-state index in [1.54, 1.807) is 12.3 Å². The van der Waals surface area contributed by atoms with Gasteiger partial charge in [-0.25, -0.2) is 4.98 Å². The molecule has 3 heterocycles. The first-order chi connectivity index (χ1) is 11.5. The molecular formula is C15H18N6O2S. The van der Waals surface area contributed by atoms with Crippen molar-refractivity contribution in [2.24, 2.45) is 0 Å². The number of hydrogen-bond donors (Lipinski definition) is 4. The largest absolute Gasteiger partial charge is 0.397 e. The van der Waals surface area contributed by atoms with E-state index in [1.807, 2.05) is 0 Å². The van der Waals surface area contributed by atoms with Crippen LogP contribution in [0.3, 0.4) is 0 Å². The number of carbonyl (C=O) groups is 2. The monoisotopic (exact) mass is 346 g/mol. The van der Waals surface area contributed by atoms with E-state index < -0.39 is 0 Å². The summed E-state index contributed by atoms with van der Waals surface area (Å²) in [5.41, 5.74) is 7.27. The third-order valence-corrected chi connectivity index (χ3v) is 4.59. The van der Waals surface area contributed by atoms with Crippen molar-refractivity contribution < 1.29 is 9.59 Å². The fraction of sp³-hybridized carbons (Fsp3) is 0.333. The highest BCUT2D eigenvalue weighted by Crippen LogP contribution is 2.33. The van der Waals surface area contributed by atoms with E-state index in [-0.39, 0.29) is 17.7 Å². The van der Waals surface area contributed by atoms with Crippen LogP contribution in [0.25, 0.3) is 10.4 Å². The number of nitrogens with two attached hydrogens (primary N) is 1. The SMILES string of the molecule is CC(=O)c1nc(NC(=O)[C@@H]2CNCCN2)sc1-c1cncc(N)c1. The van der Waals surface area contributed by atoms with E-state index in [1.165, 1.54) is 24.5 Å². The molecule has 5 N–H and O–H groups in total. The zero-order chi connectivity index (χ0) is 17.1. The van der Waals surface area contributed by atoms with Crippen LogP contribution in [0.2, 0.25) is 0 Å². The molecule has 0 unspecified atom stereocenters. The second-order valence-corrected chi connectivity index (χ2v) is 6.46. The molecule has 9 heteroatoms. The molecule has 1 amide bonds. The standard InChI is InChI=1S/C15H18N6O2S/c1-8(22)12-13(9-4-10(16)6-18-5-9)24-15(20-12)21-14(23)11-7-17-2-3-19-11/h4-6,11,17,19H,2-3,7,16H2,1H3,(H,20,21,23)/t11-/m0/s1. The van der Waals surface area contributed by atoms with Crippen molar-refractivity contribution in [1.29, 1.82) is 0 Å². The molecule has 2 aromatic heterocycles. The minimum Gasteiger partial charge on any atom is -0.397 e. The summed E-state index contributed by atoms with van der Waals surface area (Å²) in [6.45, 7) is 3.57. The van der Waals surface area contributed by atoms with Gasteiger partial charge in [0, 0.05) is 44.5 Å². The van der Waals surface area contributed by atoms with Gasteiger partial charge < -0.3 is 21.7 Å². The maximum atomic E-state index is 12.3. The summed E-state index contributed by atoms with van der Waals surface area (Å²) in [5, 5.41) is 9.44. The molecule has 0 radical (unpaired) electrons. The molecule has 2 aromatic rings. The van der Waals surface area contributed by atoms with Gasteiger partial charge in [-0.15, -0.1) is 0 Å². The second-order valence-electron chi connectivity index (χ2n) is 5.46. The fourth-order valence-corrected chi connectivity index (χ4v) is 3.42. The lowest BCUT2D eigenvalue weighted by Crippen LogP contribution is -2.54. The van der Waals surface area contributed by atoms with E-state index in [2.05, 4.69) is 25.9 Å². The predicted octanol–water partition coefficient (Wildman–Crippen LogP) is 0.490. The highest BCUT2D eigenvalue weighted by atomic mass is 32.1. The van der Waals surface area contributed by atoms with Gasteiger partial charge in [0.15, 0.2) is 10.9 Å². The topological polar surface area (TPSA) is 122 Å². The maximum absolute atomic E-state index is 12.3. The molecule has 1 aliphatic heterocycles. The van der Waals surface area contributed by atoms with Gasteiger partial charge >= 0.3 is 0 Å². The van der Waals surface area contributed by atoms with Gasteiger partial charge in [-0.3, -0.25) is 14.6 Å². The Labute approximate surface area is 142 Å². The zero-order valence-electron chi connectivity index (χ0n) is 13.1. The Morgan fingerprint density at radius 1 is 1.38 bits per heavy atom. The fourth-order valence-electron chi connectivity index (χ4n) is 2.42. The third kappa shape index (κ3) is 3.58. The summed E-state index contributed by atoms with van der Waals surface area (Å²) in [6, 6.07) is 1.41. The molecule has 0 spiro atoms. The molecule has 0 saturated carbocycles. The molecule has 0 aliphatic carbocycles. The minimum atomic E-state index is -0.319. The molecular weight excluding hydrogens is 328 g/mol. The molecule has 24 heavy (non-hydrogen) atoms. The van der Waals surface area contributed by atoms with Crippen molar-refractivity contribution in [3.05, 3.63) is 24.2 Å². The molecule has 126 valence electrons. The minimum absolute atomic E-state index is 0.177. The number of carbonyl (C=O) groups excluding carboxylic acids is 2. The van der Waals surface area contributed by atoms with Crippen LogP contribution in [-0.4, -0.2) is 47.3 Å². The van der Waals surface area contributed by atoms with Gasteiger partial charge in [0.05, 0.1) is 16.6 Å². The third-order valence-electron chi connectivity index (χ3n) is 3.57. The molecule has 1 aliphatic rings. The number of amides is 1. The zero-order valence-corrected chi connectivity index (χ0v) is 13.9. The molecule has 0 aromatic carbocycles. The Morgan fingerprint density at radius 3 is 2.88 bits per heavy atom. The number of nitrogens with zero attached hydrogens (tertiary/aromatic N) is 2. The van der Waals surface area contributed by atoms with E-state index in [0.717, 1.165) is 13.1 Å². The van der Waals surface area contributed by atoms with E-state index in [4.69, 9.17) is 5.73 Å². The van der Waals surface area contributed by atoms with Gasteiger partial charge in [-0.2, -0.15) is 0 Å². The van der Waals surface area contributed by atoms with Crippen LogP contribution in [0.15, 0.2) is 18.5 Å². The average Bonchev–Trinajstić information content (AvgIpc) is 3.00. The highest BCUT2D eigenvalue weighted by molar-refractivity contribution is 7.19. The van der Waals surface area contributed by atoms with Crippen molar-refractivity contribution >= 4 is 33.8 Å². The number of anilines is 2. The van der Waals surface area contributed by atoms with Crippen LogP contribution in [-0.2, 0) is 4.79 Å². The first-order valence-corrected chi connectivity index (χ1v) is 8.34. The van der Waals surface area contributed by atoms with Crippen molar-refractivity contribution in [1.82, 2.24) is 20.6 Å². The summed E-state index contributed by atoms with van der Waals surface area (Å²) in [4.78, 5) is 33.1. The highest BCUT2D eigenvalue weighted by Gasteiger charge is 2.23. The summed E-state index contributed by atoms with van der Waals surface area (Å²) in [7, 11) is 0. The number of nitrogen functional groups attached to an aromatic ring is 1. The number of thiazole rings is 1. The first kappa shape index (κ1) is 16.5. The molecule has 8 nitrogen and oxygen atoms in total. The molecule has 1 fully saturated rings. The quantitative estimate of drug-likeness (QED) is 0.594. The summed E-state index contributed by atoms with van der Waals surface area (Å²) >= 11 is 1.23. The summed E-state index contributed by atoms with van der Waals surface area (Å²) in [5.74, 6) is -0.357. The van der Waals surface area contributed by atoms with Gasteiger partial charge in [-0.05, 0) is 6.07 Å². The molecule has 0 bridgehead atoms. The smallest absolute Gasteiger partial charge is 0.244 e. The number of Topliss-reactive ketones (excluding diaryl/α,β-unsaturated/α-hetero) is 1. The van der Waals surface area contributed by atoms with Crippen molar-refractivity contribution in [3.8, 4) is 10.4 Å². The average molecular weight is 346 g/mol. The first-order valence-electron chi connectivity index (χ1n) is 7.52. The molecule has 1 atom stereocenters. The van der Waals surface area contributed by atoms with Crippen molar-refractivity contribution in [2.75, 3.05) is 30.7 Å². The van der Waals surface area contributed by atoms with Gasteiger partial charge in [0.1, 0.15) is 5.69 Å². The maximum Gasteiger partial charge on any atom is 0.244 e. The number of nitrogens with one attached hydrogen (secondary N) is 3. The number of aromatic nitrogens is 2. The Bertz CT molecular complexity index is 769. The van der Waals surface area contributed by atoms with Crippen molar-refractivity contribution in [2.45, 2.75) is 13.0 Å². The lowest BCUT2D eigenvalue weighted by molar-refractivity contribution is -0.118. The molecule has 1 saturated heterocycles. The van der Waals surface area contributed by atoms with Crippen LogP contribution >= 0.6 is 11.3 Å². The van der Waals surface area contributed by atoms with Crippen molar-refractivity contribution in [3.63, 3.8) is 0 Å². The second kappa shape index (κ2) is 7.04. The summed E-state index contributed by atoms with van der Waals surface area (Å²) < 4.78 is 0. The van der Waals surface area contributed by atoms with Crippen LogP contribution in [0.4, 0.5) is 10.8 Å². The van der Waals surface area contributed by atoms with Crippen LogP contribution in [0.5, 0.6) is 0 Å². The lowest BCUT2D eigenvalue weighted by atomic mass is 10.1. The Hall–Kier alpha value is -2.36. The number of hydrogen-bond acceptors (Lipinski definition) is 8. The Balaban J connectivity index is 1.86. The number of pyridine rings is 1. The van der Waals surface area contributed by atoms with Gasteiger partial charge in [0.25, 0.3) is 0 Å². The van der Waals surface area contributed by atoms with Crippen LogP contribution < -0.4 is 21.7 Å². The van der Waals surface area contributed by atoms with E-state index in [0.29, 0.717) is 33.5 Å². The van der Waals surface area contributed by atoms with Crippen LogP contribution in [0, 0.1) is 0 Å². The number of ketones is 1. The number of rotatable bonds is 4. The summed E-state index contributed by atoms with van der Waals surface area (Å²) in [6.07, 6.45) is 3.15. The van der Waals surface area contributed by atoms with Crippen LogP contribution in [0.1, 0.15) is 17.4 Å². The predicted molar refractivity (Wildman–Crippen MR) is 93.1 cm³/mol. The normalized spacial score (nSPS) is 17.5. The lowest BCUT2D eigenvalue weighted by Gasteiger charge is -2.22. The van der Waals surface area contributed by atoms with Gasteiger partial charge in [0.2, 0.25) is 5.91 Å². The molecule has 3 rings (SSSR count). The Kier molecular flexibility index (Phi) is 4.84.